The van der Waals surface area contributed by atoms with E-state index in [4.69, 9.17) is 5.73 Å². The summed E-state index contributed by atoms with van der Waals surface area (Å²) in [5, 5.41) is 7.65. The van der Waals surface area contributed by atoms with Crippen LogP contribution in [0.25, 0.3) is 0 Å². The molecule has 18 heavy (non-hydrogen) atoms. The van der Waals surface area contributed by atoms with E-state index in [2.05, 4.69) is 6.92 Å². The van der Waals surface area contributed by atoms with Gasteiger partial charge in [-0.3, -0.25) is 4.57 Å². The normalized spacial score (nSPS) is 33.4. The minimum atomic E-state index is -4.53. The van der Waals surface area contributed by atoms with Crippen LogP contribution in [-0.2, 0) is 4.57 Å². The van der Waals surface area contributed by atoms with Crippen LogP contribution in [0.5, 0.6) is 0 Å². The molecule has 4 unspecified atom stereocenters. The Hall–Kier alpha value is 0.0700. The highest BCUT2D eigenvalue weighted by molar-refractivity contribution is 7.53. The summed E-state index contributed by atoms with van der Waals surface area (Å²) in [5.74, 6) is 0.535. The van der Waals surface area contributed by atoms with Crippen molar-refractivity contribution >= 4 is 7.60 Å². The van der Waals surface area contributed by atoms with Crippen LogP contribution >= 0.6 is 7.60 Å². The second-order valence-electron chi connectivity index (χ2n) is 6.13. The van der Waals surface area contributed by atoms with Gasteiger partial charge in [-0.05, 0) is 36.5 Å². The minimum Gasteiger partial charge on any atom is -0.394 e. The number of hydrogen-bond acceptors (Lipinski definition) is 3. The highest BCUT2D eigenvalue weighted by atomic mass is 31.2. The molecule has 0 spiro atoms. The van der Waals surface area contributed by atoms with Crippen molar-refractivity contribution in [1.82, 2.24) is 0 Å². The molecule has 0 aromatic carbocycles. The first kappa shape index (κ1) is 16.1. The van der Waals surface area contributed by atoms with Gasteiger partial charge in [0.2, 0.25) is 0 Å². The summed E-state index contributed by atoms with van der Waals surface area (Å²) in [6.45, 7) is 5.50. The summed E-state index contributed by atoms with van der Waals surface area (Å²) in [7, 11) is -4.53. The molecule has 0 amide bonds. The molecule has 1 rings (SSSR count). The van der Waals surface area contributed by atoms with Crippen LogP contribution in [0.2, 0.25) is 0 Å². The molecular weight excluding hydrogens is 253 g/mol. The standard InChI is InChI=1S/C12H26NO4P/c1-8(2)10-5-4-9(3)6-11(10)12(13,7-14)18(15,16)17/h8-11,14H,4-7,13H2,1-3H3,(H2,15,16,17). The van der Waals surface area contributed by atoms with Crippen molar-refractivity contribution in [3.8, 4) is 0 Å². The van der Waals surface area contributed by atoms with Gasteiger partial charge in [0.05, 0.1) is 6.61 Å². The van der Waals surface area contributed by atoms with Crippen LogP contribution < -0.4 is 5.73 Å². The van der Waals surface area contributed by atoms with Crippen LogP contribution in [0.3, 0.4) is 0 Å². The lowest BCUT2D eigenvalue weighted by atomic mass is 9.67. The van der Waals surface area contributed by atoms with Crippen molar-refractivity contribution in [2.75, 3.05) is 6.61 Å². The Kier molecular flexibility index (Phi) is 5.01. The van der Waals surface area contributed by atoms with Gasteiger partial charge in [-0.2, -0.15) is 0 Å². The van der Waals surface area contributed by atoms with E-state index in [1.165, 1.54) is 0 Å². The molecular formula is C12H26NO4P. The van der Waals surface area contributed by atoms with Gasteiger partial charge in [-0.25, -0.2) is 0 Å². The molecule has 0 aromatic heterocycles. The zero-order valence-electron chi connectivity index (χ0n) is 11.4. The number of aliphatic hydroxyl groups is 1. The third-order valence-electron chi connectivity index (χ3n) is 4.46. The molecule has 4 atom stereocenters. The lowest BCUT2D eigenvalue weighted by Gasteiger charge is -2.46. The summed E-state index contributed by atoms with van der Waals surface area (Å²) < 4.78 is 11.7. The fourth-order valence-corrected chi connectivity index (χ4v) is 4.12. The maximum Gasteiger partial charge on any atom is 0.347 e. The molecule has 5 nitrogen and oxygen atoms in total. The zero-order chi connectivity index (χ0) is 14.1. The summed E-state index contributed by atoms with van der Waals surface area (Å²) in [4.78, 5) is 19.0. The van der Waals surface area contributed by atoms with Crippen molar-refractivity contribution < 1.29 is 19.5 Å². The molecule has 1 aliphatic rings. The average molecular weight is 279 g/mol. The highest BCUT2D eigenvalue weighted by Gasteiger charge is 2.53. The monoisotopic (exact) mass is 279 g/mol. The van der Waals surface area contributed by atoms with E-state index in [0.717, 1.165) is 12.8 Å². The predicted octanol–water partition coefficient (Wildman–Crippen LogP) is 1.52. The van der Waals surface area contributed by atoms with Crippen molar-refractivity contribution in [2.24, 2.45) is 29.4 Å². The summed E-state index contributed by atoms with van der Waals surface area (Å²) in [6, 6.07) is 0. The maximum atomic E-state index is 11.7. The predicted molar refractivity (Wildman–Crippen MR) is 70.9 cm³/mol. The van der Waals surface area contributed by atoms with Gasteiger partial charge in [0.1, 0.15) is 5.28 Å². The van der Waals surface area contributed by atoms with E-state index in [0.29, 0.717) is 18.3 Å². The lowest BCUT2D eigenvalue weighted by molar-refractivity contribution is 0.0629. The van der Waals surface area contributed by atoms with Crippen molar-refractivity contribution in [2.45, 2.75) is 45.3 Å². The topological polar surface area (TPSA) is 104 Å². The lowest BCUT2D eigenvalue weighted by Crippen LogP contribution is -2.55. The number of hydrogen-bond donors (Lipinski definition) is 4. The van der Waals surface area contributed by atoms with Gasteiger partial charge in [0.25, 0.3) is 0 Å². The van der Waals surface area contributed by atoms with E-state index >= 15 is 0 Å². The van der Waals surface area contributed by atoms with Crippen LogP contribution in [-0.4, -0.2) is 26.8 Å². The first-order valence-corrected chi connectivity index (χ1v) is 8.20. The third-order valence-corrected chi connectivity index (χ3v) is 6.02. The minimum absolute atomic E-state index is 0.158. The van der Waals surface area contributed by atoms with E-state index in [1.807, 2.05) is 13.8 Å². The van der Waals surface area contributed by atoms with Crippen LogP contribution in [0.15, 0.2) is 0 Å². The SMILES string of the molecule is CC1CCC(C(C)C)C(C(N)(CO)P(=O)(O)O)C1. The van der Waals surface area contributed by atoms with Gasteiger partial charge in [0.15, 0.2) is 0 Å². The molecule has 5 N–H and O–H groups in total. The average Bonchev–Trinajstić information content (AvgIpc) is 2.25. The van der Waals surface area contributed by atoms with Gasteiger partial charge >= 0.3 is 7.60 Å². The van der Waals surface area contributed by atoms with E-state index < -0.39 is 19.5 Å². The van der Waals surface area contributed by atoms with Crippen molar-refractivity contribution in [3.05, 3.63) is 0 Å². The smallest absolute Gasteiger partial charge is 0.347 e. The Labute approximate surface area is 109 Å². The number of aliphatic hydroxyl groups excluding tert-OH is 1. The summed E-state index contributed by atoms with van der Waals surface area (Å²) in [5.41, 5.74) is 5.93. The Morgan fingerprint density at radius 3 is 2.33 bits per heavy atom. The van der Waals surface area contributed by atoms with Crippen LogP contribution in [0.4, 0.5) is 0 Å². The summed E-state index contributed by atoms with van der Waals surface area (Å²) in [6.07, 6.45) is 2.65. The molecule has 1 fully saturated rings. The van der Waals surface area contributed by atoms with Gasteiger partial charge in [0, 0.05) is 0 Å². The third kappa shape index (κ3) is 2.97. The second-order valence-corrected chi connectivity index (χ2v) is 8.05. The molecule has 6 heteroatoms. The first-order valence-electron chi connectivity index (χ1n) is 6.59. The largest absolute Gasteiger partial charge is 0.394 e. The highest BCUT2D eigenvalue weighted by Crippen LogP contribution is 2.57. The molecule has 108 valence electrons. The molecule has 0 aliphatic heterocycles. The van der Waals surface area contributed by atoms with Gasteiger partial charge in [-0.1, -0.05) is 27.2 Å². The Balaban J connectivity index is 3.10. The zero-order valence-corrected chi connectivity index (χ0v) is 12.3. The Morgan fingerprint density at radius 1 is 1.39 bits per heavy atom. The second kappa shape index (κ2) is 5.59. The molecule has 0 bridgehead atoms. The molecule has 1 aliphatic carbocycles. The summed E-state index contributed by atoms with van der Waals surface area (Å²) >= 11 is 0. The van der Waals surface area contributed by atoms with E-state index in [9.17, 15) is 19.5 Å². The Morgan fingerprint density at radius 2 is 1.94 bits per heavy atom. The molecule has 0 saturated heterocycles. The quantitative estimate of drug-likeness (QED) is 0.584. The van der Waals surface area contributed by atoms with Crippen molar-refractivity contribution in [1.29, 1.82) is 0 Å². The maximum absolute atomic E-state index is 11.7. The fraction of sp³-hybridized carbons (Fsp3) is 1.00. The number of nitrogens with two attached hydrogens (primary N) is 1. The van der Waals surface area contributed by atoms with Gasteiger partial charge in [-0.15, -0.1) is 0 Å². The molecule has 1 saturated carbocycles. The fourth-order valence-electron chi connectivity index (χ4n) is 3.20. The van der Waals surface area contributed by atoms with Crippen LogP contribution in [0.1, 0.15) is 40.0 Å². The van der Waals surface area contributed by atoms with Crippen molar-refractivity contribution in [3.63, 3.8) is 0 Å². The number of rotatable bonds is 4. The van der Waals surface area contributed by atoms with E-state index in [1.54, 1.807) is 0 Å². The van der Waals surface area contributed by atoms with Gasteiger partial charge < -0.3 is 20.6 Å². The molecule has 0 aromatic rings. The first-order chi connectivity index (χ1) is 8.13. The van der Waals surface area contributed by atoms with Crippen LogP contribution in [0, 0.1) is 23.7 Å². The molecule has 0 heterocycles. The van der Waals surface area contributed by atoms with E-state index in [-0.39, 0.29) is 11.8 Å². The molecule has 0 radical (unpaired) electrons. The Bertz CT molecular complexity index is 330.